The summed E-state index contributed by atoms with van der Waals surface area (Å²) < 4.78 is 6.05. The Morgan fingerprint density at radius 3 is 2.73 bits per heavy atom. The van der Waals surface area contributed by atoms with Crippen molar-refractivity contribution in [1.82, 2.24) is 4.90 Å². The molecule has 2 amide bonds. The standard InChI is InChI=1S/C18H13BrClNO4S/c19-12-9-11(5-6-14(12)22)10-16-17(23)21(18(24)26-16)7-8-25-15-4-2-1-3-13(15)20/h1-6,9-10,22H,7-8H2/b16-10-. The average molecular weight is 455 g/mol. The smallest absolute Gasteiger partial charge is 0.293 e. The van der Waals surface area contributed by atoms with Crippen LogP contribution in [0.25, 0.3) is 6.08 Å². The zero-order chi connectivity index (χ0) is 18.7. The number of rotatable bonds is 5. The number of para-hydroxylation sites is 1. The molecule has 8 heteroatoms. The van der Waals surface area contributed by atoms with Crippen LogP contribution in [0.15, 0.2) is 51.8 Å². The van der Waals surface area contributed by atoms with Gasteiger partial charge in [-0.2, -0.15) is 0 Å². The summed E-state index contributed by atoms with van der Waals surface area (Å²) in [5, 5.41) is 9.65. The van der Waals surface area contributed by atoms with Crippen LogP contribution in [0.1, 0.15) is 5.56 Å². The zero-order valence-corrected chi connectivity index (χ0v) is 16.5. The van der Waals surface area contributed by atoms with Gasteiger partial charge < -0.3 is 9.84 Å². The number of amides is 2. The Bertz CT molecular complexity index is 903. The molecule has 2 aromatic rings. The molecule has 0 aromatic heterocycles. The maximum absolute atomic E-state index is 12.5. The zero-order valence-electron chi connectivity index (χ0n) is 13.3. The summed E-state index contributed by atoms with van der Waals surface area (Å²) in [4.78, 5) is 26.0. The van der Waals surface area contributed by atoms with E-state index < -0.39 is 0 Å². The molecule has 1 saturated heterocycles. The van der Waals surface area contributed by atoms with Crippen LogP contribution >= 0.6 is 39.3 Å². The molecule has 134 valence electrons. The number of phenolic OH excluding ortho intramolecular Hbond substituents is 1. The van der Waals surface area contributed by atoms with Crippen LogP contribution in [0.4, 0.5) is 4.79 Å². The van der Waals surface area contributed by atoms with Gasteiger partial charge >= 0.3 is 0 Å². The molecule has 26 heavy (non-hydrogen) atoms. The van der Waals surface area contributed by atoms with Gasteiger partial charge in [0, 0.05) is 0 Å². The van der Waals surface area contributed by atoms with Crippen molar-refractivity contribution in [3.63, 3.8) is 0 Å². The molecule has 1 aliphatic heterocycles. The predicted octanol–water partition coefficient (Wildman–Crippen LogP) is 4.92. The van der Waals surface area contributed by atoms with Gasteiger partial charge in [0.2, 0.25) is 0 Å². The van der Waals surface area contributed by atoms with Crippen molar-refractivity contribution in [2.75, 3.05) is 13.2 Å². The van der Waals surface area contributed by atoms with Gasteiger partial charge in [-0.1, -0.05) is 29.8 Å². The Balaban J connectivity index is 1.66. The second-order valence-electron chi connectivity index (χ2n) is 5.32. The molecule has 0 aliphatic carbocycles. The van der Waals surface area contributed by atoms with Gasteiger partial charge in [-0.15, -0.1) is 0 Å². The molecule has 0 atom stereocenters. The molecule has 1 aliphatic rings. The molecule has 1 fully saturated rings. The summed E-state index contributed by atoms with van der Waals surface area (Å²) in [5.74, 6) is 0.240. The Kier molecular flexibility index (Phi) is 5.90. The number of hydrogen-bond acceptors (Lipinski definition) is 5. The molecule has 0 bridgehead atoms. The second kappa shape index (κ2) is 8.16. The first-order valence-electron chi connectivity index (χ1n) is 7.57. The third-order valence-electron chi connectivity index (χ3n) is 3.55. The van der Waals surface area contributed by atoms with Crippen LogP contribution in [0.3, 0.4) is 0 Å². The number of aromatic hydroxyl groups is 1. The largest absolute Gasteiger partial charge is 0.507 e. The summed E-state index contributed by atoms with van der Waals surface area (Å²) >= 11 is 10.1. The SMILES string of the molecule is O=C1S/C(=C\c2ccc(O)c(Br)c2)C(=O)N1CCOc1ccccc1Cl. The first-order valence-corrected chi connectivity index (χ1v) is 9.55. The molecule has 2 aromatic carbocycles. The van der Waals surface area contributed by atoms with Crippen molar-refractivity contribution in [3.05, 3.63) is 62.4 Å². The van der Waals surface area contributed by atoms with Crippen molar-refractivity contribution in [1.29, 1.82) is 0 Å². The van der Waals surface area contributed by atoms with Crippen LogP contribution in [0.5, 0.6) is 11.5 Å². The lowest BCUT2D eigenvalue weighted by molar-refractivity contribution is -0.123. The highest BCUT2D eigenvalue weighted by Crippen LogP contribution is 2.33. The Labute approximate surface area is 167 Å². The molecule has 0 radical (unpaired) electrons. The lowest BCUT2D eigenvalue weighted by Crippen LogP contribution is -2.32. The third kappa shape index (κ3) is 4.23. The molecule has 1 heterocycles. The van der Waals surface area contributed by atoms with Crippen LogP contribution in [-0.4, -0.2) is 34.3 Å². The van der Waals surface area contributed by atoms with Gasteiger partial charge in [-0.3, -0.25) is 14.5 Å². The van der Waals surface area contributed by atoms with Crippen LogP contribution in [-0.2, 0) is 4.79 Å². The average Bonchev–Trinajstić information content (AvgIpc) is 2.87. The van der Waals surface area contributed by atoms with E-state index in [1.54, 1.807) is 42.5 Å². The normalized spacial score (nSPS) is 15.8. The third-order valence-corrected chi connectivity index (χ3v) is 5.41. The van der Waals surface area contributed by atoms with E-state index in [9.17, 15) is 14.7 Å². The number of carbonyl (C=O) groups excluding carboxylic acids is 2. The maximum atomic E-state index is 12.5. The minimum absolute atomic E-state index is 0.104. The first kappa shape index (κ1) is 18.8. The van der Waals surface area contributed by atoms with E-state index in [0.29, 0.717) is 25.7 Å². The topological polar surface area (TPSA) is 66.8 Å². The molecule has 0 saturated carbocycles. The van der Waals surface area contributed by atoms with Gasteiger partial charge in [0.15, 0.2) is 0 Å². The van der Waals surface area contributed by atoms with Gasteiger partial charge in [0.25, 0.3) is 11.1 Å². The highest BCUT2D eigenvalue weighted by Gasteiger charge is 2.34. The Morgan fingerprint density at radius 1 is 1.23 bits per heavy atom. The minimum atomic E-state index is -0.369. The summed E-state index contributed by atoms with van der Waals surface area (Å²) in [6, 6.07) is 11.8. The number of benzene rings is 2. The molecule has 0 spiro atoms. The highest BCUT2D eigenvalue weighted by molar-refractivity contribution is 9.10. The van der Waals surface area contributed by atoms with Crippen LogP contribution in [0.2, 0.25) is 5.02 Å². The van der Waals surface area contributed by atoms with Crippen molar-refractivity contribution in [3.8, 4) is 11.5 Å². The molecule has 3 rings (SSSR count). The number of imide groups is 1. The van der Waals surface area contributed by atoms with E-state index >= 15 is 0 Å². The highest BCUT2D eigenvalue weighted by atomic mass is 79.9. The molecular formula is C18H13BrClNO4S. The second-order valence-corrected chi connectivity index (χ2v) is 7.58. The van der Waals surface area contributed by atoms with Gasteiger partial charge in [0.05, 0.1) is 20.9 Å². The predicted molar refractivity (Wildman–Crippen MR) is 105 cm³/mol. The fraction of sp³-hybridized carbons (Fsp3) is 0.111. The van der Waals surface area contributed by atoms with Crippen LogP contribution < -0.4 is 4.74 Å². The van der Waals surface area contributed by atoms with Crippen molar-refractivity contribution in [2.45, 2.75) is 0 Å². The number of phenols is 1. The van der Waals surface area contributed by atoms with Gasteiger partial charge in [0.1, 0.15) is 18.1 Å². The van der Waals surface area contributed by atoms with E-state index in [4.69, 9.17) is 16.3 Å². The minimum Gasteiger partial charge on any atom is -0.507 e. The number of halogens is 2. The fourth-order valence-electron chi connectivity index (χ4n) is 2.27. The van der Waals surface area contributed by atoms with Gasteiger partial charge in [-0.25, -0.2) is 0 Å². The number of hydrogen-bond donors (Lipinski definition) is 1. The van der Waals surface area contributed by atoms with Crippen LogP contribution in [0, 0.1) is 0 Å². The van der Waals surface area contributed by atoms with E-state index in [2.05, 4.69) is 15.9 Å². The number of nitrogens with zero attached hydrogens (tertiary/aromatic N) is 1. The first-order chi connectivity index (χ1) is 12.5. The van der Waals surface area contributed by atoms with E-state index in [-0.39, 0.29) is 30.0 Å². The van der Waals surface area contributed by atoms with E-state index in [1.165, 1.54) is 6.07 Å². The summed E-state index contributed by atoms with van der Waals surface area (Å²) in [6.07, 6.45) is 1.62. The molecule has 1 N–H and O–H groups in total. The lowest BCUT2D eigenvalue weighted by Gasteiger charge is -2.13. The quantitative estimate of drug-likeness (QED) is 0.649. The Morgan fingerprint density at radius 2 is 2.00 bits per heavy atom. The molecular weight excluding hydrogens is 442 g/mol. The Hall–Kier alpha value is -1.96. The summed E-state index contributed by atoms with van der Waals surface area (Å²) in [6.45, 7) is 0.284. The number of ether oxygens (including phenoxy) is 1. The maximum Gasteiger partial charge on any atom is 0.293 e. The summed E-state index contributed by atoms with van der Waals surface area (Å²) in [5.41, 5.74) is 0.701. The lowest BCUT2D eigenvalue weighted by atomic mass is 10.2. The molecule has 5 nitrogen and oxygen atoms in total. The van der Waals surface area contributed by atoms with Crippen molar-refractivity contribution in [2.24, 2.45) is 0 Å². The van der Waals surface area contributed by atoms with Crippen molar-refractivity contribution < 1.29 is 19.4 Å². The fourth-order valence-corrected chi connectivity index (χ4v) is 3.72. The summed E-state index contributed by atoms with van der Waals surface area (Å²) in [7, 11) is 0. The number of thioether (sulfide) groups is 1. The number of carbonyl (C=O) groups is 2. The molecule has 0 unspecified atom stereocenters. The van der Waals surface area contributed by atoms with E-state index in [0.717, 1.165) is 16.7 Å². The van der Waals surface area contributed by atoms with E-state index in [1.807, 2.05) is 0 Å². The monoisotopic (exact) mass is 453 g/mol. The van der Waals surface area contributed by atoms with Gasteiger partial charge in [-0.05, 0) is 63.6 Å². The van der Waals surface area contributed by atoms with Crippen molar-refractivity contribution >= 4 is 56.5 Å².